The third-order valence-corrected chi connectivity index (χ3v) is 2.73. The molecule has 0 aliphatic carbocycles. The molecule has 1 fully saturated rings. The van der Waals surface area contributed by atoms with E-state index in [1.165, 1.54) is 25.8 Å². The predicted octanol–water partition coefficient (Wildman–Crippen LogP) is 1.80. The van der Waals surface area contributed by atoms with Gasteiger partial charge in [0.2, 0.25) is 0 Å². The largest absolute Gasteiger partial charge is 0.314 e. The third-order valence-electron chi connectivity index (χ3n) is 2.73. The minimum absolute atomic E-state index is 0.743. The van der Waals surface area contributed by atoms with Crippen LogP contribution in [0.1, 0.15) is 19.3 Å². The summed E-state index contributed by atoms with van der Waals surface area (Å²) in [5.74, 6) is 0. The summed E-state index contributed by atoms with van der Waals surface area (Å²) in [6, 6.07) is 0.743. The summed E-state index contributed by atoms with van der Waals surface area (Å²) in [5.41, 5.74) is 0. The first kappa shape index (κ1) is 11.5. The normalized spacial score (nSPS) is 21.4. The zero-order valence-electron chi connectivity index (χ0n) is 9.04. The summed E-state index contributed by atoms with van der Waals surface area (Å²) >= 11 is 0. The second-order valence-electron chi connectivity index (χ2n) is 3.92. The van der Waals surface area contributed by atoms with Gasteiger partial charge in [-0.3, -0.25) is 4.90 Å². The molecule has 2 heteroatoms. The van der Waals surface area contributed by atoms with Gasteiger partial charge in [0, 0.05) is 25.7 Å². The van der Waals surface area contributed by atoms with Crippen molar-refractivity contribution in [3.8, 4) is 0 Å². The molecule has 0 saturated carbocycles. The standard InChI is InChI=1S/C12H22N2/c1-3-9-14(10-4-2)11-7-12-6-5-8-13-12/h3-4,12-13H,1-2,5-11H2. The molecular weight excluding hydrogens is 172 g/mol. The molecular formula is C12H22N2. The van der Waals surface area contributed by atoms with Gasteiger partial charge in [-0.15, -0.1) is 13.2 Å². The first-order valence-corrected chi connectivity index (χ1v) is 5.54. The molecule has 1 heterocycles. The zero-order chi connectivity index (χ0) is 10.2. The fourth-order valence-corrected chi connectivity index (χ4v) is 1.96. The van der Waals surface area contributed by atoms with Crippen molar-refractivity contribution in [3.05, 3.63) is 25.3 Å². The summed E-state index contributed by atoms with van der Waals surface area (Å²) in [4.78, 5) is 2.38. The Morgan fingerprint density at radius 1 is 1.29 bits per heavy atom. The molecule has 2 nitrogen and oxygen atoms in total. The van der Waals surface area contributed by atoms with E-state index in [0.717, 1.165) is 25.7 Å². The van der Waals surface area contributed by atoms with Crippen molar-refractivity contribution in [2.75, 3.05) is 26.2 Å². The number of nitrogens with zero attached hydrogens (tertiary/aromatic N) is 1. The highest BCUT2D eigenvalue weighted by Gasteiger charge is 2.14. The summed E-state index contributed by atoms with van der Waals surface area (Å²) < 4.78 is 0. The Bertz CT molecular complexity index is 161. The molecule has 80 valence electrons. The van der Waals surface area contributed by atoms with E-state index in [9.17, 15) is 0 Å². The Labute approximate surface area is 87.7 Å². The quantitative estimate of drug-likeness (QED) is 0.622. The van der Waals surface area contributed by atoms with Gasteiger partial charge in [0.05, 0.1) is 0 Å². The van der Waals surface area contributed by atoms with Gasteiger partial charge in [-0.25, -0.2) is 0 Å². The van der Waals surface area contributed by atoms with Crippen LogP contribution in [0.15, 0.2) is 25.3 Å². The van der Waals surface area contributed by atoms with Crippen LogP contribution in [0, 0.1) is 0 Å². The van der Waals surface area contributed by atoms with Crippen molar-refractivity contribution in [1.82, 2.24) is 10.2 Å². The van der Waals surface area contributed by atoms with Crippen LogP contribution in [-0.2, 0) is 0 Å². The van der Waals surface area contributed by atoms with E-state index in [4.69, 9.17) is 0 Å². The van der Waals surface area contributed by atoms with Gasteiger partial charge < -0.3 is 5.32 Å². The van der Waals surface area contributed by atoms with Crippen LogP contribution in [0.25, 0.3) is 0 Å². The molecule has 1 N–H and O–H groups in total. The van der Waals surface area contributed by atoms with Crippen molar-refractivity contribution in [2.24, 2.45) is 0 Å². The van der Waals surface area contributed by atoms with Crippen molar-refractivity contribution >= 4 is 0 Å². The molecule has 0 amide bonds. The molecule has 1 rings (SSSR count). The van der Waals surface area contributed by atoms with E-state index in [-0.39, 0.29) is 0 Å². The molecule has 0 bridgehead atoms. The van der Waals surface area contributed by atoms with E-state index in [2.05, 4.69) is 23.4 Å². The van der Waals surface area contributed by atoms with Crippen molar-refractivity contribution < 1.29 is 0 Å². The summed E-state index contributed by atoms with van der Waals surface area (Å²) in [5, 5.41) is 3.52. The first-order valence-electron chi connectivity index (χ1n) is 5.54. The van der Waals surface area contributed by atoms with Gasteiger partial charge in [0.25, 0.3) is 0 Å². The molecule has 1 aliphatic rings. The van der Waals surface area contributed by atoms with E-state index in [0.29, 0.717) is 0 Å². The van der Waals surface area contributed by atoms with Gasteiger partial charge in [-0.05, 0) is 25.8 Å². The Morgan fingerprint density at radius 3 is 2.50 bits per heavy atom. The molecule has 0 aromatic carbocycles. The van der Waals surface area contributed by atoms with Gasteiger partial charge in [0.1, 0.15) is 0 Å². The van der Waals surface area contributed by atoms with Crippen LogP contribution < -0.4 is 5.32 Å². The predicted molar refractivity (Wildman–Crippen MR) is 62.5 cm³/mol. The molecule has 1 aliphatic heterocycles. The Morgan fingerprint density at radius 2 is 2.00 bits per heavy atom. The molecule has 1 atom stereocenters. The second-order valence-corrected chi connectivity index (χ2v) is 3.92. The van der Waals surface area contributed by atoms with E-state index in [1.807, 2.05) is 12.2 Å². The van der Waals surface area contributed by atoms with Gasteiger partial charge in [0.15, 0.2) is 0 Å². The number of hydrogen-bond acceptors (Lipinski definition) is 2. The molecule has 0 aromatic heterocycles. The van der Waals surface area contributed by atoms with E-state index < -0.39 is 0 Å². The number of hydrogen-bond donors (Lipinski definition) is 1. The van der Waals surface area contributed by atoms with Crippen LogP contribution >= 0.6 is 0 Å². The van der Waals surface area contributed by atoms with Gasteiger partial charge in [-0.1, -0.05) is 12.2 Å². The SMILES string of the molecule is C=CCN(CC=C)CCC1CCCN1. The van der Waals surface area contributed by atoms with Crippen LogP contribution in [0.5, 0.6) is 0 Å². The lowest BCUT2D eigenvalue weighted by Gasteiger charge is -2.20. The van der Waals surface area contributed by atoms with Gasteiger partial charge >= 0.3 is 0 Å². The molecule has 1 unspecified atom stereocenters. The second kappa shape index (κ2) is 6.80. The van der Waals surface area contributed by atoms with Crippen molar-refractivity contribution in [2.45, 2.75) is 25.3 Å². The maximum atomic E-state index is 3.77. The smallest absolute Gasteiger partial charge is 0.0163 e. The Kier molecular flexibility index (Phi) is 5.57. The van der Waals surface area contributed by atoms with Crippen molar-refractivity contribution in [1.29, 1.82) is 0 Å². The third kappa shape index (κ3) is 4.07. The highest BCUT2D eigenvalue weighted by atomic mass is 15.1. The van der Waals surface area contributed by atoms with Gasteiger partial charge in [-0.2, -0.15) is 0 Å². The van der Waals surface area contributed by atoms with Crippen molar-refractivity contribution in [3.63, 3.8) is 0 Å². The Balaban J connectivity index is 2.16. The summed E-state index contributed by atoms with van der Waals surface area (Å²) in [6.45, 7) is 11.8. The average molecular weight is 194 g/mol. The molecule has 0 aromatic rings. The topological polar surface area (TPSA) is 15.3 Å². The first-order chi connectivity index (χ1) is 6.86. The zero-order valence-corrected chi connectivity index (χ0v) is 9.04. The highest BCUT2D eigenvalue weighted by Crippen LogP contribution is 2.09. The Hall–Kier alpha value is -0.600. The molecule has 14 heavy (non-hydrogen) atoms. The number of nitrogens with one attached hydrogen (secondary N) is 1. The minimum Gasteiger partial charge on any atom is -0.314 e. The van der Waals surface area contributed by atoms with E-state index >= 15 is 0 Å². The van der Waals surface area contributed by atoms with Crippen LogP contribution in [0.3, 0.4) is 0 Å². The maximum absolute atomic E-state index is 3.77. The molecule has 0 spiro atoms. The summed E-state index contributed by atoms with van der Waals surface area (Å²) in [7, 11) is 0. The minimum atomic E-state index is 0.743. The lowest BCUT2D eigenvalue weighted by molar-refractivity contribution is 0.313. The lowest BCUT2D eigenvalue weighted by atomic mass is 10.1. The molecule has 1 saturated heterocycles. The molecule has 0 radical (unpaired) electrons. The van der Waals surface area contributed by atoms with E-state index in [1.54, 1.807) is 0 Å². The average Bonchev–Trinajstić information content (AvgIpc) is 2.67. The van der Waals surface area contributed by atoms with Crippen LogP contribution in [0.2, 0.25) is 0 Å². The fraction of sp³-hybridized carbons (Fsp3) is 0.667. The van der Waals surface area contributed by atoms with Crippen LogP contribution in [0.4, 0.5) is 0 Å². The van der Waals surface area contributed by atoms with Crippen LogP contribution in [-0.4, -0.2) is 37.1 Å². The summed E-state index contributed by atoms with van der Waals surface area (Å²) in [6.07, 6.45) is 7.86. The maximum Gasteiger partial charge on any atom is 0.0163 e. The number of rotatable bonds is 7. The lowest BCUT2D eigenvalue weighted by Crippen LogP contribution is -2.31. The highest BCUT2D eigenvalue weighted by molar-refractivity contribution is 4.82. The fourth-order valence-electron chi connectivity index (χ4n) is 1.96. The monoisotopic (exact) mass is 194 g/mol.